The van der Waals surface area contributed by atoms with Crippen molar-refractivity contribution in [2.24, 2.45) is 11.8 Å². The lowest BCUT2D eigenvalue weighted by atomic mass is 10.0. The molecular weight excluding hydrogens is 304 g/mol. The van der Waals surface area contributed by atoms with E-state index >= 15 is 0 Å². The zero-order chi connectivity index (χ0) is 14.4. The summed E-state index contributed by atoms with van der Waals surface area (Å²) < 4.78 is 27.2. The number of nitrogens with zero attached hydrogens (tertiary/aromatic N) is 1. The van der Waals surface area contributed by atoms with E-state index in [1.807, 2.05) is 11.4 Å². The van der Waals surface area contributed by atoms with Crippen molar-refractivity contribution in [1.82, 2.24) is 9.62 Å². The topological polar surface area (TPSA) is 49.4 Å². The van der Waals surface area contributed by atoms with Gasteiger partial charge in [-0.2, -0.15) is 4.31 Å². The molecule has 0 spiro atoms. The smallest absolute Gasteiger partial charge is 0.243 e. The molecule has 1 aromatic rings. The Kier molecular flexibility index (Phi) is 3.60. The predicted octanol–water partition coefficient (Wildman–Crippen LogP) is 2.42. The summed E-state index contributed by atoms with van der Waals surface area (Å²) in [7, 11) is -3.27. The largest absolute Gasteiger partial charge is 0.309 e. The van der Waals surface area contributed by atoms with Crippen molar-refractivity contribution >= 4 is 21.4 Å². The number of fused-ring (bicyclic) bond motifs is 1. The maximum atomic E-state index is 12.7. The Morgan fingerprint density at radius 3 is 2.57 bits per heavy atom. The van der Waals surface area contributed by atoms with Crippen molar-refractivity contribution in [2.45, 2.75) is 49.6 Å². The fraction of sp³-hybridized carbons (Fsp3) is 0.733. The Morgan fingerprint density at radius 1 is 1.19 bits per heavy atom. The Balaban J connectivity index is 1.46. The predicted molar refractivity (Wildman–Crippen MR) is 83.8 cm³/mol. The number of nitrogens with one attached hydrogen (secondary N) is 1. The Labute approximate surface area is 130 Å². The second-order valence-corrected chi connectivity index (χ2v) is 9.61. The average molecular weight is 326 g/mol. The molecule has 0 radical (unpaired) electrons. The summed E-state index contributed by atoms with van der Waals surface area (Å²) in [4.78, 5) is 1.62. The average Bonchev–Trinajstić information content (AvgIpc) is 2.89. The van der Waals surface area contributed by atoms with Gasteiger partial charge in [-0.1, -0.05) is 6.42 Å². The van der Waals surface area contributed by atoms with Crippen LogP contribution in [0.5, 0.6) is 0 Å². The summed E-state index contributed by atoms with van der Waals surface area (Å²) in [5, 5.41) is 5.25. The van der Waals surface area contributed by atoms with Crippen LogP contribution in [-0.2, 0) is 16.6 Å². The molecule has 1 aliphatic heterocycles. The van der Waals surface area contributed by atoms with E-state index in [0.29, 0.717) is 22.8 Å². The highest BCUT2D eigenvalue weighted by molar-refractivity contribution is 7.89. The first-order chi connectivity index (χ1) is 10.1. The number of rotatable bonds is 5. The minimum absolute atomic E-state index is 0.500. The van der Waals surface area contributed by atoms with Crippen molar-refractivity contribution < 1.29 is 8.42 Å². The van der Waals surface area contributed by atoms with Crippen LogP contribution in [0.4, 0.5) is 0 Å². The van der Waals surface area contributed by atoms with Crippen LogP contribution in [0.3, 0.4) is 0 Å². The van der Waals surface area contributed by atoms with Crippen molar-refractivity contribution in [3.63, 3.8) is 0 Å². The van der Waals surface area contributed by atoms with Crippen LogP contribution in [-0.4, -0.2) is 31.9 Å². The minimum atomic E-state index is -3.27. The van der Waals surface area contributed by atoms with Gasteiger partial charge in [0.1, 0.15) is 0 Å². The lowest BCUT2D eigenvalue weighted by Gasteiger charge is -2.16. The van der Waals surface area contributed by atoms with Crippen LogP contribution in [0.15, 0.2) is 16.3 Å². The third-order valence-electron chi connectivity index (χ3n) is 5.10. The summed E-state index contributed by atoms with van der Waals surface area (Å²) in [6.07, 6.45) is 6.20. The first kappa shape index (κ1) is 14.2. The first-order valence-corrected chi connectivity index (χ1v) is 10.3. The van der Waals surface area contributed by atoms with E-state index in [1.165, 1.54) is 32.1 Å². The highest BCUT2D eigenvalue weighted by Crippen LogP contribution is 2.40. The maximum Gasteiger partial charge on any atom is 0.243 e. The molecule has 3 aliphatic rings. The Hall–Kier alpha value is -0.430. The fourth-order valence-corrected chi connectivity index (χ4v) is 6.43. The van der Waals surface area contributed by atoms with Gasteiger partial charge in [-0.05, 0) is 43.6 Å². The number of sulfonamides is 1. The molecule has 1 saturated heterocycles. The molecule has 2 saturated carbocycles. The normalized spacial score (nSPS) is 29.9. The second kappa shape index (κ2) is 5.33. The van der Waals surface area contributed by atoms with Crippen LogP contribution in [0.1, 0.15) is 37.0 Å². The van der Waals surface area contributed by atoms with E-state index in [1.54, 1.807) is 15.6 Å². The minimum Gasteiger partial charge on any atom is -0.309 e. The number of hydrogen-bond donors (Lipinski definition) is 1. The van der Waals surface area contributed by atoms with Crippen LogP contribution < -0.4 is 5.32 Å². The summed E-state index contributed by atoms with van der Waals surface area (Å²) in [5.41, 5.74) is 0. The molecule has 3 fully saturated rings. The summed E-state index contributed by atoms with van der Waals surface area (Å²) in [6, 6.07) is 2.52. The summed E-state index contributed by atoms with van der Waals surface area (Å²) >= 11 is 1.56. The zero-order valence-corrected chi connectivity index (χ0v) is 13.8. The third-order valence-corrected chi connectivity index (χ3v) is 8.00. The third kappa shape index (κ3) is 2.79. The van der Waals surface area contributed by atoms with Crippen LogP contribution in [0.25, 0.3) is 0 Å². The van der Waals surface area contributed by atoms with Gasteiger partial charge < -0.3 is 5.32 Å². The molecule has 1 aromatic heterocycles. The number of hydrogen-bond acceptors (Lipinski definition) is 4. The molecular formula is C15H22N2O2S2. The Morgan fingerprint density at radius 2 is 1.90 bits per heavy atom. The summed E-state index contributed by atoms with van der Waals surface area (Å²) in [6.45, 7) is 2.27. The highest BCUT2D eigenvalue weighted by Gasteiger charge is 2.41. The van der Waals surface area contributed by atoms with E-state index in [4.69, 9.17) is 0 Å². The standard InChI is InChI=1S/C15H22N2O2S2/c18-21(19,17-8-11-2-1-3-12(11)9-17)15-6-14(20-10-15)7-16-13-4-5-13/h6,10-13,16H,1-5,7-9H2. The van der Waals surface area contributed by atoms with Gasteiger partial charge in [0.15, 0.2) is 0 Å². The Bertz CT molecular complexity index is 609. The molecule has 21 heavy (non-hydrogen) atoms. The van der Waals surface area contributed by atoms with E-state index in [0.717, 1.165) is 24.5 Å². The van der Waals surface area contributed by atoms with Crippen LogP contribution in [0.2, 0.25) is 0 Å². The molecule has 2 atom stereocenters. The van der Waals surface area contributed by atoms with Gasteiger partial charge in [-0.25, -0.2) is 8.42 Å². The highest BCUT2D eigenvalue weighted by atomic mass is 32.2. The molecule has 2 aliphatic carbocycles. The number of thiophene rings is 1. The molecule has 0 aromatic carbocycles. The second-order valence-electron chi connectivity index (χ2n) is 6.68. The molecule has 0 bridgehead atoms. The van der Waals surface area contributed by atoms with Crippen molar-refractivity contribution in [1.29, 1.82) is 0 Å². The fourth-order valence-electron chi connectivity index (χ4n) is 3.66. The molecule has 116 valence electrons. The van der Waals surface area contributed by atoms with Crippen molar-refractivity contribution in [2.75, 3.05) is 13.1 Å². The van der Waals surface area contributed by atoms with Gasteiger partial charge in [0, 0.05) is 35.9 Å². The van der Waals surface area contributed by atoms with Gasteiger partial charge in [-0.15, -0.1) is 11.3 Å². The van der Waals surface area contributed by atoms with Gasteiger partial charge in [0.2, 0.25) is 10.0 Å². The monoisotopic (exact) mass is 326 g/mol. The van der Waals surface area contributed by atoms with E-state index < -0.39 is 10.0 Å². The van der Waals surface area contributed by atoms with Gasteiger partial charge in [0.05, 0.1) is 4.90 Å². The molecule has 0 amide bonds. The van der Waals surface area contributed by atoms with E-state index in [2.05, 4.69) is 5.32 Å². The van der Waals surface area contributed by atoms with Crippen molar-refractivity contribution in [3.05, 3.63) is 16.3 Å². The molecule has 6 heteroatoms. The SMILES string of the molecule is O=S(=O)(c1csc(CNC2CC2)c1)N1CC2CCCC2C1. The van der Waals surface area contributed by atoms with Gasteiger partial charge in [-0.3, -0.25) is 0 Å². The van der Waals surface area contributed by atoms with Crippen LogP contribution >= 0.6 is 11.3 Å². The van der Waals surface area contributed by atoms with Gasteiger partial charge in [0.25, 0.3) is 0 Å². The zero-order valence-electron chi connectivity index (χ0n) is 12.1. The maximum absolute atomic E-state index is 12.7. The molecule has 2 heterocycles. The van der Waals surface area contributed by atoms with Gasteiger partial charge >= 0.3 is 0 Å². The lowest BCUT2D eigenvalue weighted by Crippen LogP contribution is -2.29. The van der Waals surface area contributed by atoms with E-state index in [9.17, 15) is 8.42 Å². The van der Waals surface area contributed by atoms with Crippen LogP contribution in [0, 0.1) is 11.8 Å². The molecule has 1 N–H and O–H groups in total. The van der Waals surface area contributed by atoms with E-state index in [-0.39, 0.29) is 0 Å². The molecule has 4 rings (SSSR count). The molecule has 4 nitrogen and oxygen atoms in total. The first-order valence-electron chi connectivity index (χ1n) is 7.94. The lowest BCUT2D eigenvalue weighted by molar-refractivity contribution is 0.445. The molecule has 2 unspecified atom stereocenters. The quantitative estimate of drug-likeness (QED) is 0.904. The summed E-state index contributed by atoms with van der Waals surface area (Å²) in [5.74, 6) is 1.21. The van der Waals surface area contributed by atoms with Crippen molar-refractivity contribution in [3.8, 4) is 0 Å².